The van der Waals surface area contributed by atoms with Crippen LogP contribution in [0.15, 0.2) is 47.1 Å². The van der Waals surface area contributed by atoms with Gasteiger partial charge in [0.25, 0.3) is 0 Å². The van der Waals surface area contributed by atoms with Crippen LogP contribution in [0.5, 0.6) is 0 Å². The number of carboxylic acid groups (broad SMARTS) is 1. The van der Waals surface area contributed by atoms with E-state index in [-0.39, 0.29) is 0 Å². The molecule has 0 radical (unpaired) electrons. The van der Waals surface area contributed by atoms with Gasteiger partial charge in [-0.15, -0.1) is 0 Å². The molecule has 1 aromatic carbocycles. The van der Waals surface area contributed by atoms with Crippen molar-refractivity contribution in [2.75, 3.05) is 6.54 Å². The van der Waals surface area contributed by atoms with Crippen LogP contribution in [0.4, 0.5) is 0 Å². The van der Waals surface area contributed by atoms with Gasteiger partial charge in [0.15, 0.2) is 0 Å². The Labute approximate surface area is 98.5 Å². The van der Waals surface area contributed by atoms with E-state index < -0.39 is 5.97 Å². The van der Waals surface area contributed by atoms with Crippen LogP contribution < -0.4 is 5.32 Å². The Bertz CT molecular complexity index is 542. The molecular weight excluding hydrogens is 218 g/mol. The first-order valence-electron chi connectivity index (χ1n) is 5.32. The zero-order valence-electron chi connectivity index (χ0n) is 9.22. The summed E-state index contributed by atoms with van der Waals surface area (Å²) in [5.41, 5.74) is 1.94. The Balaban J connectivity index is 1.93. The molecule has 1 aromatic heterocycles. The van der Waals surface area contributed by atoms with Crippen molar-refractivity contribution in [2.45, 2.75) is 6.54 Å². The number of nitrogens with one attached hydrogen (secondary N) is 1. The Morgan fingerprint density at radius 2 is 2.24 bits per heavy atom. The molecule has 0 fully saturated rings. The summed E-state index contributed by atoms with van der Waals surface area (Å²) in [6.45, 7) is 1.17. The van der Waals surface area contributed by atoms with E-state index in [9.17, 15) is 4.79 Å². The number of furan rings is 1. The maximum absolute atomic E-state index is 10.2. The first-order valence-corrected chi connectivity index (χ1v) is 5.32. The van der Waals surface area contributed by atoms with Crippen molar-refractivity contribution < 1.29 is 14.3 Å². The molecule has 4 heteroatoms. The second-order valence-corrected chi connectivity index (χ2v) is 3.63. The predicted octanol–water partition coefficient (Wildman–Crippen LogP) is 2.16. The fraction of sp³-hybridized carbons (Fsp3) is 0.154. The molecule has 2 aromatic rings. The molecule has 88 valence electrons. The molecule has 4 nitrogen and oxygen atoms in total. The smallest absolute Gasteiger partial charge is 0.328 e. The second-order valence-electron chi connectivity index (χ2n) is 3.63. The quantitative estimate of drug-likeness (QED) is 0.611. The number of hydrogen-bond donors (Lipinski definition) is 2. The molecule has 0 aliphatic heterocycles. The van der Waals surface area contributed by atoms with E-state index in [1.807, 2.05) is 24.3 Å². The molecule has 2 N–H and O–H groups in total. The highest BCUT2D eigenvalue weighted by Crippen LogP contribution is 2.20. The Kier molecular flexibility index (Phi) is 3.57. The molecule has 0 saturated heterocycles. The van der Waals surface area contributed by atoms with E-state index >= 15 is 0 Å². The summed E-state index contributed by atoms with van der Waals surface area (Å²) < 4.78 is 5.39. The van der Waals surface area contributed by atoms with Gasteiger partial charge in [-0.2, -0.15) is 0 Å². The van der Waals surface area contributed by atoms with E-state index in [0.29, 0.717) is 13.1 Å². The number of carboxylic acids is 1. The summed E-state index contributed by atoms with van der Waals surface area (Å²) in [5.74, 6) is -0.930. The van der Waals surface area contributed by atoms with Crippen molar-refractivity contribution in [1.29, 1.82) is 0 Å². The average molecular weight is 231 g/mol. The summed E-state index contributed by atoms with van der Waals surface area (Å²) in [6.07, 6.45) is 4.42. The van der Waals surface area contributed by atoms with Crippen molar-refractivity contribution in [3.05, 3.63) is 48.2 Å². The van der Waals surface area contributed by atoms with Gasteiger partial charge in [-0.25, -0.2) is 4.79 Å². The third-order valence-electron chi connectivity index (χ3n) is 2.40. The topological polar surface area (TPSA) is 62.5 Å². The third kappa shape index (κ3) is 2.95. The molecule has 0 unspecified atom stereocenters. The molecule has 0 spiro atoms. The van der Waals surface area contributed by atoms with Crippen molar-refractivity contribution >= 4 is 16.9 Å². The summed E-state index contributed by atoms with van der Waals surface area (Å²) in [5, 5.41) is 12.6. The molecule has 17 heavy (non-hydrogen) atoms. The summed E-state index contributed by atoms with van der Waals surface area (Å²) in [6, 6.07) is 7.82. The van der Waals surface area contributed by atoms with Gasteiger partial charge < -0.3 is 14.8 Å². The van der Waals surface area contributed by atoms with E-state index in [4.69, 9.17) is 9.52 Å². The van der Waals surface area contributed by atoms with Crippen LogP contribution in [0, 0.1) is 0 Å². The van der Waals surface area contributed by atoms with E-state index in [1.54, 1.807) is 12.3 Å². The lowest BCUT2D eigenvalue weighted by molar-refractivity contribution is -0.131. The van der Waals surface area contributed by atoms with Gasteiger partial charge in [-0.05, 0) is 6.07 Å². The Morgan fingerprint density at radius 1 is 1.41 bits per heavy atom. The van der Waals surface area contributed by atoms with Crippen molar-refractivity contribution in [2.24, 2.45) is 0 Å². The number of para-hydroxylation sites is 1. The minimum Gasteiger partial charge on any atom is -0.478 e. The zero-order chi connectivity index (χ0) is 12.1. The van der Waals surface area contributed by atoms with Gasteiger partial charge in [0, 0.05) is 30.1 Å². The van der Waals surface area contributed by atoms with Gasteiger partial charge in [-0.3, -0.25) is 0 Å². The highest BCUT2D eigenvalue weighted by atomic mass is 16.4. The van der Waals surface area contributed by atoms with Gasteiger partial charge in [0.05, 0.1) is 6.26 Å². The first kappa shape index (κ1) is 11.4. The maximum Gasteiger partial charge on any atom is 0.328 e. The normalized spacial score (nSPS) is 11.3. The van der Waals surface area contributed by atoms with Gasteiger partial charge in [0.2, 0.25) is 0 Å². The highest BCUT2D eigenvalue weighted by Gasteiger charge is 2.03. The van der Waals surface area contributed by atoms with Crippen LogP contribution in [0.2, 0.25) is 0 Å². The number of carbonyl (C=O) groups is 1. The molecule has 2 rings (SSSR count). The lowest BCUT2D eigenvalue weighted by atomic mass is 10.2. The highest BCUT2D eigenvalue weighted by molar-refractivity contribution is 5.81. The number of benzene rings is 1. The van der Waals surface area contributed by atoms with Crippen LogP contribution in [0.25, 0.3) is 11.0 Å². The van der Waals surface area contributed by atoms with Crippen LogP contribution in [-0.2, 0) is 11.3 Å². The summed E-state index contributed by atoms with van der Waals surface area (Å²) in [4.78, 5) is 10.2. The largest absolute Gasteiger partial charge is 0.478 e. The Hall–Kier alpha value is -2.07. The molecule has 0 saturated carbocycles. The number of rotatable bonds is 5. The van der Waals surface area contributed by atoms with E-state index in [1.165, 1.54) is 0 Å². The minimum absolute atomic E-state index is 0.520. The standard InChI is InChI=1S/C13H13NO3/c15-13(16)6-3-7-14-8-10-9-17-12-5-2-1-4-11(10)12/h1-6,9,14H,7-8H2,(H,15,16)/b6-3+. The van der Waals surface area contributed by atoms with Crippen molar-refractivity contribution in [3.8, 4) is 0 Å². The molecule has 0 amide bonds. The predicted molar refractivity (Wildman–Crippen MR) is 64.7 cm³/mol. The van der Waals surface area contributed by atoms with E-state index in [0.717, 1.165) is 22.6 Å². The van der Waals surface area contributed by atoms with Gasteiger partial charge >= 0.3 is 5.97 Å². The van der Waals surface area contributed by atoms with Crippen LogP contribution in [0.1, 0.15) is 5.56 Å². The summed E-state index contributed by atoms with van der Waals surface area (Å²) >= 11 is 0. The Morgan fingerprint density at radius 3 is 3.06 bits per heavy atom. The van der Waals surface area contributed by atoms with Crippen LogP contribution >= 0.6 is 0 Å². The number of fused-ring (bicyclic) bond motifs is 1. The lowest BCUT2D eigenvalue weighted by Gasteiger charge is -1.98. The fourth-order valence-electron chi connectivity index (χ4n) is 1.62. The molecule has 0 bridgehead atoms. The first-order chi connectivity index (χ1) is 8.27. The zero-order valence-corrected chi connectivity index (χ0v) is 9.22. The molecule has 0 atom stereocenters. The fourth-order valence-corrected chi connectivity index (χ4v) is 1.62. The molecular formula is C13H13NO3. The molecule has 0 aliphatic carbocycles. The van der Waals surface area contributed by atoms with Crippen molar-refractivity contribution in [3.63, 3.8) is 0 Å². The molecule has 0 aliphatic rings. The maximum atomic E-state index is 10.2. The second kappa shape index (κ2) is 5.32. The SMILES string of the molecule is O=C(O)/C=C/CNCc1coc2ccccc12. The monoisotopic (exact) mass is 231 g/mol. The number of hydrogen-bond acceptors (Lipinski definition) is 3. The van der Waals surface area contributed by atoms with Crippen LogP contribution in [0.3, 0.4) is 0 Å². The van der Waals surface area contributed by atoms with Crippen LogP contribution in [-0.4, -0.2) is 17.6 Å². The minimum atomic E-state index is -0.930. The van der Waals surface area contributed by atoms with Gasteiger partial charge in [-0.1, -0.05) is 24.3 Å². The lowest BCUT2D eigenvalue weighted by Crippen LogP contribution is -2.12. The molecule has 1 heterocycles. The summed E-state index contributed by atoms with van der Waals surface area (Å²) in [7, 11) is 0. The van der Waals surface area contributed by atoms with Gasteiger partial charge in [0.1, 0.15) is 5.58 Å². The van der Waals surface area contributed by atoms with Crippen molar-refractivity contribution in [1.82, 2.24) is 5.32 Å². The third-order valence-corrected chi connectivity index (χ3v) is 2.40. The average Bonchev–Trinajstić information content (AvgIpc) is 2.72. The number of aliphatic carboxylic acids is 1. The van der Waals surface area contributed by atoms with E-state index in [2.05, 4.69) is 5.32 Å².